The fourth-order valence-corrected chi connectivity index (χ4v) is 10.8. The monoisotopic (exact) mass is 827 g/mol. The Labute approximate surface area is 374 Å². The smallest absolute Gasteiger partial charge is 0.101 e. The molecule has 9 aromatic carbocycles. The summed E-state index contributed by atoms with van der Waals surface area (Å²) in [6.07, 6.45) is 5.26. The van der Waals surface area contributed by atoms with Crippen molar-refractivity contribution in [1.82, 2.24) is 13.7 Å². The van der Waals surface area contributed by atoms with Gasteiger partial charge >= 0.3 is 0 Å². The predicted molar refractivity (Wildman–Crippen MR) is 266 cm³/mol. The van der Waals surface area contributed by atoms with Crippen molar-refractivity contribution in [3.05, 3.63) is 228 Å². The Morgan fingerprint density at radius 1 is 0.431 bits per heavy atom. The molecule has 1 aliphatic rings. The number of nitrogens with zero attached hydrogens (tertiary/aromatic N) is 5. The van der Waals surface area contributed by atoms with Crippen LogP contribution in [-0.2, 0) is 6.42 Å². The molecule has 0 spiro atoms. The molecule has 0 saturated carbocycles. The molecule has 1 unspecified atom stereocenters. The zero-order valence-corrected chi connectivity index (χ0v) is 35.2. The molecule has 0 radical (unpaired) electrons. The highest BCUT2D eigenvalue weighted by Crippen LogP contribution is 2.44. The highest BCUT2D eigenvalue weighted by molar-refractivity contribution is 6.22. The summed E-state index contributed by atoms with van der Waals surface area (Å²) in [5.74, 6) is 0.193. The Morgan fingerprint density at radius 3 is 1.74 bits per heavy atom. The first kappa shape index (κ1) is 36.7. The summed E-state index contributed by atoms with van der Waals surface area (Å²) < 4.78 is 6.75. The Kier molecular flexibility index (Phi) is 8.09. The number of allylic oxidation sites excluding steroid dienone is 1. The van der Waals surface area contributed by atoms with Crippen LogP contribution in [0.15, 0.2) is 200 Å². The van der Waals surface area contributed by atoms with Crippen LogP contribution in [0.4, 0.5) is 0 Å². The van der Waals surface area contributed by atoms with Crippen LogP contribution in [-0.4, -0.2) is 13.7 Å². The van der Waals surface area contributed by atoms with Crippen LogP contribution in [0.3, 0.4) is 0 Å². The van der Waals surface area contributed by atoms with Crippen LogP contribution >= 0.6 is 0 Å². The Morgan fingerprint density at radius 2 is 1.02 bits per heavy atom. The highest BCUT2D eigenvalue weighted by atomic mass is 15.0. The van der Waals surface area contributed by atoms with E-state index < -0.39 is 0 Å². The van der Waals surface area contributed by atoms with Crippen LogP contribution in [0.5, 0.6) is 0 Å². The van der Waals surface area contributed by atoms with E-state index in [4.69, 9.17) is 0 Å². The van der Waals surface area contributed by atoms with Crippen molar-refractivity contribution in [1.29, 1.82) is 10.5 Å². The topological polar surface area (TPSA) is 62.4 Å². The van der Waals surface area contributed by atoms with E-state index in [0.29, 0.717) is 16.8 Å². The SMILES string of the molecule is N#Cc1cc(-n2c3ccc(-n4c5ccccc5c5ccccc54)cc3c3c4ccccc4ccc32)cc(C#N)c1-n1c2c(c3cc(-c4ccccc4)ccc31)CC(c1ccccc1)C=C2. The van der Waals surface area contributed by atoms with E-state index in [9.17, 15) is 10.5 Å². The molecule has 65 heavy (non-hydrogen) atoms. The summed E-state index contributed by atoms with van der Waals surface area (Å²) in [6.45, 7) is 0. The molecule has 302 valence electrons. The molecule has 0 saturated heterocycles. The first-order valence-corrected chi connectivity index (χ1v) is 22.1. The van der Waals surface area contributed by atoms with Crippen molar-refractivity contribution in [3.8, 4) is 40.3 Å². The Balaban J connectivity index is 1.05. The summed E-state index contributed by atoms with van der Waals surface area (Å²) in [6, 6.07) is 73.5. The fourth-order valence-electron chi connectivity index (χ4n) is 10.8. The first-order valence-electron chi connectivity index (χ1n) is 22.1. The van der Waals surface area contributed by atoms with Gasteiger partial charge in [0, 0.05) is 49.9 Å². The molecule has 1 atom stereocenters. The Bertz CT molecular complexity index is 3970. The summed E-state index contributed by atoms with van der Waals surface area (Å²) in [5, 5.41) is 30.5. The maximum Gasteiger partial charge on any atom is 0.101 e. The lowest BCUT2D eigenvalue weighted by Crippen LogP contribution is -2.09. The molecule has 0 fully saturated rings. The number of hydrogen-bond acceptors (Lipinski definition) is 2. The standard InChI is InChI=1S/C60H37N5/c61-36-43-31-46(32-44(37-62)60(43)65-55-27-24-41(38-13-3-1-4-14-38)33-50(55)51-34-42(25-28-56(51)65)39-15-5-2-6-16-39)64-57-30-26-45(35-52(57)59-47-18-8-7-17-40(47)23-29-58(59)64)63-53-21-11-9-19-48(53)49-20-10-12-22-54(49)63/h1-33,35,42H,34H2. The lowest BCUT2D eigenvalue weighted by Gasteiger charge is -2.20. The number of nitriles is 2. The average Bonchev–Trinajstić information content (AvgIpc) is 4.01. The molecule has 0 N–H and O–H groups in total. The maximum atomic E-state index is 11.2. The molecule has 5 heteroatoms. The molecule has 12 aromatic rings. The maximum absolute atomic E-state index is 11.2. The summed E-state index contributed by atoms with van der Waals surface area (Å²) >= 11 is 0. The van der Waals surface area contributed by atoms with E-state index in [2.05, 4.69) is 214 Å². The van der Waals surface area contributed by atoms with Gasteiger partial charge in [-0.1, -0.05) is 140 Å². The highest BCUT2D eigenvalue weighted by Gasteiger charge is 2.28. The summed E-state index contributed by atoms with van der Waals surface area (Å²) in [5.41, 5.74) is 14.3. The van der Waals surface area contributed by atoms with Crippen molar-refractivity contribution in [2.45, 2.75) is 12.3 Å². The van der Waals surface area contributed by atoms with E-state index >= 15 is 0 Å². The van der Waals surface area contributed by atoms with Gasteiger partial charge in [0.2, 0.25) is 0 Å². The van der Waals surface area contributed by atoms with E-state index in [1.54, 1.807) is 0 Å². The van der Waals surface area contributed by atoms with Gasteiger partial charge in [-0.15, -0.1) is 0 Å². The van der Waals surface area contributed by atoms with Crippen molar-refractivity contribution in [3.63, 3.8) is 0 Å². The summed E-state index contributed by atoms with van der Waals surface area (Å²) in [7, 11) is 0. The number of rotatable bonds is 5. The number of fused-ring (bicyclic) bond motifs is 11. The molecule has 3 aromatic heterocycles. The average molecular weight is 828 g/mol. The number of benzene rings is 9. The second-order valence-corrected chi connectivity index (χ2v) is 17.1. The van der Waals surface area contributed by atoms with Gasteiger partial charge in [-0.25, -0.2) is 0 Å². The van der Waals surface area contributed by atoms with Gasteiger partial charge in [0.15, 0.2) is 0 Å². The molecule has 5 nitrogen and oxygen atoms in total. The van der Waals surface area contributed by atoms with Gasteiger partial charge in [-0.2, -0.15) is 10.5 Å². The third kappa shape index (κ3) is 5.50. The third-order valence-corrected chi connectivity index (χ3v) is 13.7. The minimum absolute atomic E-state index is 0.193. The predicted octanol–water partition coefficient (Wildman–Crippen LogP) is 14.7. The molecule has 0 bridgehead atoms. The second-order valence-electron chi connectivity index (χ2n) is 17.1. The Hall–Kier alpha value is -8.90. The minimum Gasteiger partial charge on any atom is -0.309 e. The number of hydrogen-bond donors (Lipinski definition) is 0. The number of para-hydroxylation sites is 2. The van der Waals surface area contributed by atoms with E-state index in [1.165, 1.54) is 21.9 Å². The van der Waals surface area contributed by atoms with Crippen LogP contribution in [0.2, 0.25) is 0 Å². The zero-order chi connectivity index (χ0) is 43.2. The molecular weight excluding hydrogens is 791 g/mol. The molecule has 0 amide bonds. The third-order valence-electron chi connectivity index (χ3n) is 13.7. The first-order chi connectivity index (χ1) is 32.2. The van der Waals surface area contributed by atoms with Gasteiger partial charge in [0.1, 0.15) is 12.1 Å². The van der Waals surface area contributed by atoms with Gasteiger partial charge in [-0.3, -0.25) is 0 Å². The van der Waals surface area contributed by atoms with Crippen LogP contribution < -0.4 is 0 Å². The van der Waals surface area contributed by atoms with Gasteiger partial charge in [0.05, 0.1) is 44.4 Å². The summed E-state index contributed by atoms with van der Waals surface area (Å²) in [4.78, 5) is 0. The van der Waals surface area contributed by atoms with E-state index in [1.807, 2.05) is 18.2 Å². The van der Waals surface area contributed by atoms with Crippen molar-refractivity contribution in [2.75, 3.05) is 0 Å². The van der Waals surface area contributed by atoms with E-state index in [-0.39, 0.29) is 5.92 Å². The van der Waals surface area contributed by atoms with Crippen LogP contribution in [0, 0.1) is 22.7 Å². The minimum atomic E-state index is 0.193. The molecule has 3 heterocycles. The lowest BCUT2D eigenvalue weighted by molar-refractivity contribution is 0.825. The normalized spacial score (nSPS) is 13.5. The van der Waals surface area contributed by atoms with Gasteiger partial charge in [-0.05, 0) is 106 Å². The second kappa shape index (κ2) is 14.3. The van der Waals surface area contributed by atoms with Crippen molar-refractivity contribution >= 4 is 71.4 Å². The van der Waals surface area contributed by atoms with Gasteiger partial charge in [0.25, 0.3) is 0 Å². The van der Waals surface area contributed by atoms with Crippen molar-refractivity contribution in [2.24, 2.45) is 0 Å². The largest absolute Gasteiger partial charge is 0.309 e. The molecule has 1 aliphatic carbocycles. The van der Waals surface area contributed by atoms with E-state index in [0.717, 1.165) is 89.1 Å². The zero-order valence-electron chi connectivity index (χ0n) is 35.2. The van der Waals surface area contributed by atoms with Crippen LogP contribution in [0.25, 0.3) is 99.6 Å². The van der Waals surface area contributed by atoms with Gasteiger partial charge < -0.3 is 13.7 Å². The molecule has 0 aliphatic heterocycles. The molecular formula is C60H37N5. The number of aromatic nitrogens is 3. The fraction of sp³-hybridized carbons (Fsp3) is 0.0333. The quantitative estimate of drug-likeness (QED) is 0.173. The van der Waals surface area contributed by atoms with Crippen molar-refractivity contribution < 1.29 is 0 Å². The molecule has 13 rings (SSSR count). The lowest BCUT2D eigenvalue weighted by atomic mass is 9.86. The van der Waals surface area contributed by atoms with Crippen LogP contribution in [0.1, 0.15) is 33.9 Å².